The standard InChI is InChI=1S/C18H30N2O4/c1-13(2)16(19)8-11-24-17-7-4-6-14(18(20)21)15(17)12-23-10-5-9-22-3/h4,6-7,13,16H,5,8-12,19H2,1-3H3,(H2,20,21). The van der Waals surface area contributed by atoms with Crippen LogP contribution in [0.1, 0.15) is 42.6 Å². The summed E-state index contributed by atoms with van der Waals surface area (Å²) in [5, 5.41) is 0. The quantitative estimate of drug-likeness (QED) is 0.569. The Morgan fingerprint density at radius 3 is 2.58 bits per heavy atom. The number of carbonyl (C=O) groups is 1. The molecule has 136 valence electrons. The molecule has 0 aliphatic rings. The molecule has 6 nitrogen and oxygen atoms in total. The van der Waals surface area contributed by atoms with Gasteiger partial charge in [-0.1, -0.05) is 19.9 Å². The molecule has 0 radical (unpaired) electrons. The van der Waals surface area contributed by atoms with Crippen molar-refractivity contribution in [1.82, 2.24) is 0 Å². The number of benzene rings is 1. The van der Waals surface area contributed by atoms with Gasteiger partial charge in [-0.3, -0.25) is 4.79 Å². The van der Waals surface area contributed by atoms with E-state index in [-0.39, 0.29) is 12.6 Å². The highest BCUT2D eigenvalue weighted by Gasteiger charge is 2.15. The molecule has 0 spiro atoms. The normalized spacial score (nSPS) is 12.4. The van der Waals surface area contributed by atoms with Crippen molar-refractivity contribution in [2.24, 2.45) is 17.4 Å². The number of ether oxygens (including phenoxy) is 3. The zero-order valence-electron chi connectivity index (χ0n) is 14.9. The fraction of sp³-hybridized carbons (Fsp3) is 0.611. The van der Waals surface area contributed by atoms with Gasteiger partial charge < -0.3 is 25.7 Å². The van der Waals surface area contributed by atoms with Crippen LogP contribution in [0.5, 0.6) is 5.75 Å². The smallest absolute Gasteiger partial charge is 0.249 e. The summed E-state index contributed by atoms with van der Waals surface area (Å²) < 4.78 is 16.4. The third-order valence-corrected chi connectivity index (χ3v) is 3.85. The van der Waals surface area contributed by atoms with Gasteiger partial charge >= 0.3 is 0 Å². The lowest BCUT2D eigenvalue weighted by Gasteiger charge is -2.18. The minimum atomic E-state index is -0.491. The van der Waals surface area contributed by atoms with Crippen LogP contribution in [0.15, 0.2) is 18.2 Å². The zero-order valence-corrected chi connectivity index (χ0v) is 14.9. The van der Waals surface area contributed by atoms with Crippen molar-refractivity contribution in [3.63, 3.8) is 0 Å². The Bertz CT molecular complexity index is 506. The number of nitrogens with two attached hydrogens (primary N) is 2. The highest BCUT2D eigenvalue weighted by molar-refractivity contribution is 5.95. The van der Waals surface area contributed by atoms with Crippen molar-refractivity contribution in [3.8, 4) is 5.75 Å². The number of hydrogen-bond donors (Lipinski definition) is 2. The third-order valence-electron chi connectivity index (χ3n) is 3.85. The summed E-state index contributed by atoms with van der Waals surface area (Å²) in [7, 11) is 1.65. The van der Waals surface area contributed by atoms with E-state index in [0.29, 0.717) is 42.6 Å². The topological polar surface area (TPSA) is 96.8 Å². The molecule has 24 heavy (non-hydrogen) atoms. The second-order valence-electron chi connectivity index (χ2n) is 6.09. The highest BCUT2D eigenvalue weighted by atomic mass is 16.5. The maximum Gasteiger partial charge on any atom is 0.249 e. The molecule has 0 bridgehead atoms. The van der Waals surface area contributed by atoms with E-state index in [1.54, 1.807) is 19.2 Å². The van der Waals surface area contributed by atoms with E-state index >= 15 is 0 Å². The Morgan fingerprint density at radius 1 is 1.21 bits per heavy atom. The maximum absolute atomic E-state index is 11.7. The Balaban J connectivity index is 2.71. The molecule has 1 unspecified atom stereocenters. The second kappa shape index (κ2) is 11.0. The van der Waals surface area contributed by atoms with Gasteiger partial charge in [0.25, 0.3) is 0 Å². The molecule has 0 fully saturated rings. The largest absolute Gasteiger partial charge is 0.493 e. The van der Waals surface area contributed by atoms with Crippen LogP contribution in [0, 0.1) is 5.92 Å². The molecule has 6 heteroatoms. The van der Waals surface area contributed by atoms with Crippen LogP contribution in [0.4, 0.5) is 0 Å². The van der Waals surface area contributed by atoms with E-state index in [9.17, 15) is 4.79 Å². The molecule has 0 heterocycles. The second-order valence-corrected chi connectivity index (χ2v) is 6.09. The number of hydrogen-bond acceptors (Lipinski definition) is 5. The van der Waals surface area contributed by atoms with Crippen LogP contribution in [0.25, 0.3) is 0 Å². The fourth-order valence-corrected chi connectivity index (χ4v) is 2.20. The molecule has 0 aliphatic carbocycles. The van der Waals surface area contributed by atoms with Crippen LogP contribution in [-0.4, -0.2) is 38.9 Å². The van der Waals surface area contributed by atoms with E-state index in [1.807, 2.05) is 6.07 Å². The first-order chi connectivity index (χ1) is 11.5. The Kier molecular flexibility index (Phi) is 9.37. The zero-order chi connectivity index (χ0) is 17.9. The van der Waals surface area contributed by atoms with E-state index in [1.165, 1.54) is 0 Å². The van der Waals surface area contributed by atoms with Gasteiger partial charge in [-0.05, 0) is 30.9 Å². The number of rotatable bonds is 12. The van der Waals surface area contributed by atoms with Gasteiger partial charge in [-0.2, -0.15) is 0 Å². The first kappa shape index (κ1) is 20.4. The van der Waals surface area contributed by atoms with Crippen LogP contribution in [0.3, 0.4) is 0 Å². The Morgan fingerprint density at radius 2 is 1.96 bits per heavy atom. The van der Waals surface area contributed by atoms with Gasteiger partial charge in [0.15, 0.2) is 0 Å². The molecule has 1 aromatic rings. The van der Waals surface area contributed by atoms with Crippen LogP contribution >= 0.6 is 0 Å². The lowest BCUT2D eigenvalue weighted by atomic mass is 10.0. The minimum absolute atomic E-state index is 0.0815. The average molecular weight is 338 g/mol. The summed E-state index contributed by atoms with van der Waals surface area (Å²) in [5.41, 5.74) is 12.6. The summed E-state index contributed by atoms with van der Waals surface area (Å²) in [4.78, 5) is 11.7. The highest BCUT2D eigenvalue weighted by Crippen LogP contribution is 2.24. The molecule has 1 rings (SSSR count). The van der Waals surface area contributed by atoms with Gasteiger partial charge in [-0.15, -0.1) is 0 Å². The molecule has 0 aromatic heterocycles. The van der Waals surface area contributed by atoms with Gasteiger partial charge in [0.05, 0.1) is 13.2 Å². The fourth-order valence-electron chi connectivity index (χ4n) is 2.20. The molecule has 0 saturated heterocycles. The molecule has 1 amide bonds. The number of carbonyl (C=O) groups excluding carboxylic acids is 1. The predicted octanol–water partition coefficient (Wildman–Crippen LogP) is 2.09. The molecule has 1 atom stereocenters. The summed E-state index contributed by atoms with van der Waals surface area (Å²) in [5.74, 6) is 0.526. The number of amides is 1. The van der Waals surface area contributed by atoms with Crippen LogP contribution in [-0.2, 0) is 16.1 Å². The SMILES string of the molecule is COCCCOCc1c(OCCC(N)C(C)C)cccc1C(N)=O. The van der Waals surface area contributed by atoms with Crippen molar-refractivity contribution in [2.45, 2.75) is 39.3 Å². The molecular formula is C18H30N2O4. The summed E-state index contributed by atoms with van der Waals surface area (Å²) >= 11 is 0. The van der Waals surface area contributed by atoms with Gasteiger partial charge in [-0.25, -0.2) is 0 Å². The Labute approximate surface area is 144 Å². The summed E-state index contributed by atoms with van der Waals surface area (Å²) in [6, 6.07) is 5.34. The third kappa shape index (κ3) is 6.86. The van der Waals surface area contributed by atoms with E-state index in [2.05, 4.69) is 13.8 Å². The van der Waals surface area contributed by atoms with Crippen molar-refractivity contribution in [1.29, 1.82) is 0 Å². The summed E-state index contributed by atoms with van der Waals surface area (Å²) in [6.45, 7) is 6.09. The number of primary amides is 1. The van der Waals surface area contributed by atoms with Crippen LogP contribution in [0.2, 0.25) is 0 Å². The molecule has 1 aromatic carbocycles. The monoisotopic (exact) mass is 338 g/mol. The number of methoxy groups -OCH3 is 1. The van der Waals surface area contributed by atoms with Crippen molar-refractivity contribution < 1.29 is 19.0 Å². The van der Waals surface area contributed by atoms with E-state index < -0.39 is 5.91 Å². The van der Waals surface area contributed by atoms with Gasteiger partial charge in [0.1, 0.15) is 5.75 Å². The van der Waals surface area contributed by atoms with Gasteiger partial charge in [0, 0.05) is 37.5 Å². The first-order valence-electron chi connectivity index (χ1n) is 8.34. The van der Waals surface area contributed by atoms with E-state index in [4.69, 9.17) is 25.7 Å². The van der Waals surface area contributed by atoms with Crippen molar-refractivity contribution >= 4 is 5.91 Å². The van der Waals surface area contributed by atoms with E-state index in [0.717, 1.165) is 12.8 Å². The molecule has 0 saturated carbocycles. The van der Waals surface area contributed by atoms with Crippen molar-refractivity contribution in [3.05, 3.63) is 29.3 Å². The summed E-state index contributed by atoms with van der Waals surface area (Å²) in [6.07, 6.45) is 1.53. The molecule has 0 aliphatic heterocycles. The Hall–Kier alpha value is -1.63. The van der Waals surface area contributed by atoms with Gasteiger partial charge in [0.2, 0.25) is 5.91 Å². The lowest BCUT2D eigenvalue weighted by molar-refractivity contribution is 0.0885. The molecule has 4 N–H and O–H groups in total. The maximum atomic E-state index is 11.7. The predicted molar refractivity (Wildman–Crippen MR) is 94.0 cm³/mol. The van der Waals surface area contributed by atoms with Crippen LogP contribution < -0.4 is 16.2 Å². The van der Waals surface area contributed by atoms with Crippen molar-refractivity contribution in [2.75, 3.05) is 26.9 Å². The lowest BCUT2D eigenvalue weighted by Crippen LogP contribution is -2.28. The first-order valence-corrected chi connectivity index (χ1v) is 8.34. The minimum Gasteiger partial charge on any atom is -0.493 e. The average Bonchev–Trinajstić information content (AvgIpc) is 2.55. The molecular weight excluding hydrogens is 308 g/mol.